The number of imide groups is 1. The molecule has 1 heterocycles. The highest BCUT2D eigenvalue weighted by Gasteiger charge is 2.40. The van der Waals surface area contributed by atoms with Crippen LogP contribution in [0.4, 0.5) is 21.5 Å². The Bertz CT molecular complexity index is 1230. The molecule has 0 bridgehead atoms. The van der Waals surface area contributed by atoms with Gasteiger partial charge in [-0.3, -0.25) is 19.7 Å². The van der Waals surface area contributed by atoms with Gasteiger partial charge in [0.15, 0.2) is 0 Å². The summed E-state index contributed by atoms with van der Waals surface area (Å²) in [6.45, 7) is 1.84. The van der Waals surface area contributed by atoms with E-state index in [-0.39, 0.29) is 17.0 Å². The zero-order chi connectivity index (χ0) is 22.1. The van der Waals surface area contributed by atoms with Crippen LogP contribution in [0.3, 0.4) is 0 Å². The summed E-state index contributed by atoms with van der Waals surface area (Å²) >= 11 is 0. The van der Waals surface area contributed by atoms with E-state index in [1.54, 1.807) is 18.2 Å². The molecule has 0 radical (unpaired) electrons. The van der Waals surface area contributed by atoms with Gasteiger partial charge < -0.3 is 5.32 Å². The quantitative estimate of drug-likeness (QED) is 0.376. The Kier molecular flexibility index (Phi) is 5.04. The van der Waals surface area contributed by atoms with Gasteiger partial charge in [-0.15, -0.1) is 0 Å². The summed E-state index contributed by atoms with van der Waals surface area (Å²) in [4.78, 5) is 38.1. The SMILES string of the molecule is Cc1cccc(N2C(=O)C(Nc3ccc(F)cc3)=C(c3ccc([N+](=O)[O-])cc3)C2=O)c1. The fraction of sp³-hybridized carbons (Fsp3) is 0.0435. The first kappa shape index (κ1) is 20.0. The number of hydrogen-bond donors (Lipinski definition) is 1. The predicted molar refractivity (Wildman–Crippen MR) is 114 cm³/mol. The van der Waals surface area contributed by atoms with Gasteiger partial charge in [0.2, 0.25) is 0 Å². The van der Waals surface area contributed by atoms with Crippen LogP contribution in [0.5, 0.6) is 0 Å². The fourth-order valence-corrected chi connectivity index (χ4v) is 3.34. The number of non-ortho nitro benzene ring substituents is 1. The summed E-state index contributed by atoms with van der Waals surface area (Å²) in [5, 5.41) is 13.9. The smallest absolute Gasteiger partial charge is 0.282 e. The molecule has 8 heteroatoms. The summed E-state index contributed by atoms with van der Waals surface area (Å²) in [6, 6.07) is 17.7. The molecule has 0 saturated heterocycles. The lowest BCUT2D eigenvalue weighted by Crippen LogP contribution is -2.32. The van der Waals surface area contributed by atoms with Crippen molar-refractivity contribution in [2.75, 3.05) is 10.2 Å². The van der Waals surface area contributed by atoms with Crippen molar-refractivity contribution in [2.45, 2.75) is 6.92 Å². The third-order valence-corrected chi connectivity index (χ3v) is 4.82. The van der Waals surface area contributed by atoms with Gasteiger partial charge in [-0.1, -0.05) is 12.1 Å². The third-order valence-electron chi connectivity index (χ3n) is 4.82. The number of carbonyl (C=O) groups excluding carboxylic acids is 2. The molecule has 3 aromatic rings. The minimum Gasteiger partial charge on any atom is -0.350 e. The second-order valence-electron chi connectivity index (χ2n) is 6.97. The van der Waals surface area contributed by atoms with Crippen LogP contribution in [-0.2, 0) is 9.59 Å². The number of nitrogens with one attached hydrogen (secondary N) is 1. The van der Waals surface area contributed by atoms with E-state index in [0.717, 1.165) is 10.5 Å². The minimum absolute atomic E-state index is 0.00645. The van der Waals surface area contributed by atoms with Gasteiger partial charge in [-0.2, -0.15) is 0 Å². The number of benzene rings is 3. The molecule has 154 valence electrons. The van der Waals surface area contributed by atoms with E-state index >= 15 is 0 Å². The number of nitrogens with zero attached hydrogens (tertiary/aromatic N) is 2. The molecule has 0 unspecified atom stereocenters. The van der Waals surface area contributed by atoms with E-state index in [2.05, 4.69) is 5.32 Å². The second kappa shape index (κ2) is 7.83. The molecule has 3 aromatic carbocycles. The standard InChI is InChI=1S/C23H16FN3O4/c1-14-3-2-4-19(13-14)26-22(28)20(15-5-11-18(12-6-15)27(30)31)21(23(26)29)25-17-9-7-16(24)8-10-17/h2-13,25H,1H3. The second-order valence-corrected chi connectivity index (χ2v) is 6.97. The fourth-order valence-electron chi connectivity index (χ4n) is 3.34. The summed E-state index contributed by atoms with van der Waals surface area (Å²) in [7, 11) is 0. The number of nitro groups is 1. The van der Waals surface area contributed by atoms with Crippen LogP contribution < -0.4 is 10.2 Å². The van der Waals surface area contributed by atoms with Gasteiger partial charge in [0, 0.05) is 17.8 Å². The van der Waals surface area contributed by atoms with Crippen molar-refractivity contribution in [3.63, 3.8) is 0 Å². The molecule has 31 heavy (non-hydrogen) atoms. The highest BCUT2D eigenvalue weighted by molar-refractivity contribution is 6.46. The van der Waals surface area contributed by atoms with Gasteiger partial charge >= 0.3 is 0 Å². The maximum absolute atomic E-state index is 13.3. The first-order valence-corrected chi connectivity index (χ1v) is 9.32. The zero-order valence-electron chi connectivity index (χ0n) is 16.3. The van der Waals surface area contributed by atoms with Gasteiger partial charge in [0.25, 0.3) is 17.5 Å². The molecule has 1 aliphatic heterocycles. The van der Waals surface area contributed by atoms with Gasteiger partial charge in [-0.25, -0.2) is 9.29 Å². The maximum Gasteiger partial charge on any atom is 0.282 e. The number of anilines is 2. The van der Waals surface area contributed by atoms with Crippen molar-refractivity contribution in [1.29, 1.82) is 0 Å². The molecule has 0 atom stereocenters. The number of rotatable bonds is 5. The van der Waals surface area contributed by atoms with Crippen molar-refractivity contribution in [3.8, 4) is 0 Å². The number of hydrogen-bond acceptors (Lipinski definition) is 5. The lowest BCUT2D eigenvalue weighted by molar-refractivity contribution is -0.384. The Morgan fingerprint density at radius 1 is 0.935 bits per heavy atom. The topological polar surface area (TPSA) is 92.6 Å². The van der Waals surface area contributed by atoms with Crippen LogP contribution in [0.15, 0.2) is 78.5 Å². The lowest BCUT2D eigenvalue weighted by atomic mass is 10.0. The molecule has 2 amide bonds. The van der Waals surface area contributed by atoms with Crippen molar-refractivity contribution < 1.29 is 18.9 Å². The monoisotopic (exact) mass is 417 g/mol. The van der Waals surface area contributed by atoms with E-state index < -0.39 is 22.6 Å². The molecule has 0 fully saturated rings. The summed E-state index contributed by atoms with van der Waals surface area (Å²) in [6.07, 6.45) is 0. The Hall–Kier alpha value is -4.33. The predicted octanol–water partition coefficient (Wildman–Crippen LogP) is 4.44. The van der Waals surface area contributed by atoms with Crippen molar-refractivity contribution in [1.82, 2.24) is 0 Å². The first-order valence-electron chi connectivity index (χ1n) is 9.32. The van der Waals surface area contributed by atoms with E-state index in [1.807, 2.05) is 13.0 Å². The highest BCUT2D eigenvalue weighted by atomic mass is 19.1. The summed E-state index contributed by atoms with van der Waals surface area (Å²) in [5.41, 5.74) is 1.99. The molecule has 0 aliphatic carbocycles. The number of aryl methyl sites for hydroxylation is 1. The normalized spacial score (nSPS) is 13.7. The molecule has 7 nitrogen and oxygen atoms in total. The molecular weight excluding hydrogens is 401 g/mol. The molecule has 1 N–H and O–H groups in total. The Morgan fingerprint density at radius 2 is 1.61 bits per heavy atom. The highest BCUT2D eigenvalue weighted by Crippen LogP contribution is 2.34. The van der Waals surface area contributed by atoms with Crippen LogP contribution in [0, 0.1) is 22.9 Å². The number of carbonyl (C=O) groups is 2. The lowest BCUT2D eigenvalue weighted by Gasteiger charge is -2.16. The van der Waals surface area contributed by atoms with Crippen LogP contribution in [0.25, 0.3) is 5.57 Å². The van der Waals surface area contributed by atoms with Crippen molar-refractivity contribution in [3.05, 3.63) is 106 Å². The summed E-state index contributed by atoms with van der Waals surface area (Å²) < 4.78 is 13.3. The largest absolute Gasteiger partial charge is 0.350 e. The van der Waals surface area contributed by atoms with E-state index in [4.69, 9.17) is 0 Å². The van der Waals surface area contributed by atoms with E-state index in [0.29, 0.717) is 16.9 Å². The molecular formula is C23H16FN3O4. The number of halogens is 1. The first-order chi connectivity index (χ1) is 14.8. The number of amides is 2. The van der Waals surface area contributed by atoms with Crippen molar-refractivity contribution in [2.24, 2.45) is 0 Å². The van der Waals surface area contributed by atoms with E-state index in [1.165, 1.54) is 48.5 Å². The van der Waals surface area contributed by atoms with Crippen LogP contribution in [-0.4, -0.2) is 16.7 Å². The van der Waals surface area contributed by atoms with Crippen LogP contribution in [0.1, 0.15) is 11.1 Å². The number of nitro benzene ring substituents is 1. The third kappa shape index (κ3) is 3.78. The zero-order valence-corrected chi connectivity index (χ0v) is 16.3. The Morgan fingerprint density at radius 3 is 2.23 bits per heavy atom. The van der Waals surface area contributed by atoms with Gasteiger partial charge in [0.05, 0.1) is 16.2 Å². The Balaban J connectivity index is 1.82. The molecule has 0 saturated carbocycles. The minimum atomic E-state index is -0.576. The average molecular weight is 417 g/mol. The average Bonchev–Trinajstić information content (AvgIpc) is 2.99. The molecule has 0 spiro atoms. The van der Waals surface area contributed by atoms with Gasteiger partial charge in [-0.05, 0) is 66.6 Å². The van der Waals surface area contributed by atoms with Crippen molar-refractivity contribution >= 4 is 34.4 Å². The summed E-state index contributed by atoms with van der Waals surface area (Å²) in [5.74, 6) is -1.58. The maximum atomic E-state index is 13.3. The van der Waals surface area contributed by atoms with Gasteiger partial charge in [0.1, 0.15) is 11.5 Å². The molecule has 0 aromatic heterocycles. The Labute approximate surface area is 176 Å². The molecule has 1 aliphatic rings. The van der Waals surface area contributed by atoms with E-state index in [9.17, 15) is 24.1 Å². The molecule has 4 rings (SSSR count). The van der Waals surface area contributed by atoms with Crippen LogP contribution >= 0.6 is 0 Å². The van der Waals surface area contributed by atoms with Crippen LogP contribution in [0.2, 0.25) is 0 Å².